The number of hydrogen-bond donors (Lipinski definition) is 1. The van der Waals surface area contributed by atoms with Crippen molar-refractivity contribution in [3.05, 3.63) is 53.9 Å². The van der Waals surface area contributed by atoms with Crippen LogP contribution in [0, 0.1) is 0 Å². The molecule has 1 aliphatic heterocycles. The molecule has 0 amide bonds. The van der Waals surface area contributed by atoms with Crippen molar-refractivity contribution in [3.63, 3.8) is 0 Å². The molecular formula is C17H20N2O2. The number of rotatable bonds is 5. The van der Waals surface area contributed by atoms with E-state index in [4.69, 9.17) is 9.47 Å². The van der Waals surface area contributed by atoms with Crippen LogP contribution < -0.4 is 14.8 Å². The van der Waals surface area contributed by atoms with Crippen LogP contribution in [0.5, 0.6) is 11.5 Å². The summed E-state index contributed by atoms with van der Waals surface area (Å²) in [7, 11) is 0. The third-order valence-corrected chi connectivity index (χ3v) is 3.61. The normalized spacial score (nSPS) is 14.7. The highest BCUT2D eigenvalue weighted by molar-refractivity contribution is 5.45. The van der Waals surface area contributed by atoms with E-state index in [1.807, 2.05) is 18.5 Å². The minimum Gasteiger partial charge on any atom is -0.486 e. The topological polar surface area (TPSA) is 43.4 Å². The predicted octanol–water partition coefficient (Wildman–Crippen LogP) is 2.75. The molecule has 4 heteroatoms. The molecule has 0 spiro atoms. The summed E-state index contributed by atoms with van der Waals surface area (Å²) in [6.45, 7) is 4.29. The molecular weight excluding hydrogens is 264 g/mol. The number of likely N-dealkylation sites (N-methyl/N-ethyl adjacent to an activating group) is 1. The highest BCUT2D eigenvalue weighted by Crippen LogP contribution is 2.33. The first kappa shape index (κ1) is 13.9. The first-order chi connectivity index (χ1) is 10.4. The van der Waals surface area contributed by atoms with Crippen molar-refractivity contribution >= 4 is 0 Å². The van der Waals surface area contributed by atoms with E-state index in [0.717, 1.165) is 24.5 Å². The van der Waals surface area contributed by atoms with Crippen molar-refractivity contribution in [1.82, 2.24) is 10.3 Å². The standard InChI is InChI=1S/C17H20N2O2/c1-2-19-15(11-13-5-7-18-8-6-13)14-3-4-16-17(12-14)21-10-9-20-16/h3-8,12,15,19H,2,9-11H2,1H3. The van der Waals surface area contributed by atoms with Gasteiger partial charge in [-0.1, -0.05) is 13.0 Å². The molecule has 2 aromatic rings. The Balaban J connectivity index is 1.83. The first-order valence-corrected chi connectivity index (χ1v) is 7.38. The number of aromatic nitrogens is 1. The minimum atomic E-state index is 0.258. The van der Waals surface area contributed by atoms with Gasteiger partial charge < -0.3 is 14.8 Å². The third-order valence-electron chi connectivity index (χ3n) is 3.61. The molecule has 1 aliphatic rings. The van der Waals surface area contributed by atoms with Crippen LogP contribution in [0.3, 0.4) is 0 Å². The summed E-state index contributed by atoms with van der Waals surface area (Å²) >= 11 is 0. The summed E-state index contributed by atoms with van der Waals surface area (Å²) in [5, 5.41) is 3.54. The SMILES string of the molecule is CCNC(Cc1ccncc1)c1ccc2c(c1)OCCO2. The van der Waals surface area contributed by atoms with E-state index in [2.05, 4.69) is 41.5 Å². The van der Waals surface area contributed by atoms with Crippen molar-refractivity contribution < 1.29 is 9.47 Å². The molecule has 1 atom stereocenters. The molecule has 0 saturated heterocycles. The van der Waals surface area contributed by atoms with Gasteiger partial charge in [-0.05, 0) is 48.4 Å². The number of hydrogen-bond acceptors (Lipinski definition) is 4. The molecule has 2 heterocycles. The summed E-state index contributed by atoms with van der Waals surface area (Å²) in [6, 6.07) is 10.6. The molecule has 0 fully saturated rings. The largest absolute Gasteiger partial charge is 0.486 e. The zero-order valence-electron chi connectivity index (χ0n) is 12.2. The second kappa shape index (κ2) is 6.59. The fourth-order valence-corrected chi connectivity index (χ4v) is 2.59. The molecule has 1 unspecified atom stereocenters. The van der Waals surface area contributed by atoms with Gasteiger partial charge in [0.05, 0.1) is 0 Å². The fraction of sp³-hybridized carbons (Fsp3) is 0.353. The van der Waals surface area contributed by atoms with Crippen LogP contribution in [0.15, 0.2) is 42.7 Å². The maximum atomic E-state index is 5.68. The summed E-state index contributed by atoms with van der Waals surface area (Å²) in [5.41, 5.74) is 2.49. The Hall–Kier alpha value is -2.07. The Morgan fingerprint density at radius 2 is 1.86 bits per heavy atom. The van der Waals surface area contributed by atoms with Gasteiger partial charge in [0, 0.05) is 18.4 Å². The van der Waals surface area contributed by atoms with E-state index in [9.17, 15) is 0 Å². The number of ether oxygens (including phenoxy) is 2. The number of pyridine rings is 1. The van der Waals surface area contributed by atoms with Crippen molar-refractivity contribution in [1.29, 1.82) is 0 Å². The third kappa shape index (κ3) is 3.34. The lowest BCUT2D eigenvalue weighted by Crippen LogP contribution is -2.23. The van der Waals surface area contributed by atoms with Gasteiger partial charge in [-0.15, -0.1) is 0 Å². The lowest BCUT2D eigenvalue weighted by Gasteiger charge is -2.23. The van der Waals surface area contributed by atoms with Gasteiger partial charge in [-0.2, -0.15) is 0 Å². The molecule has 21 heavy (non-hydrogen) atoms. The van der Waals surface area contributed by atoms with Crippen LogP contribution in [-0.2, 0) is 6.42 Å². The van der Waals surface area contributed by atoms with Crippen molar-refractivity contribution in [2.24, 2.45) is 0 Å². The van der Waals surface area contributed by atoms with Crippen LogP contribution >= 0.6 is 0 Å². The van der Waals surface area contributed by atoms with E-state index >= 15 is 0 Å². The maximum absolute atomic E-state index is 5.68. The molecule has 110 valence electrons. The molecule has 0 aliphatic carbocycles. The highest BCUT2D eigenvalue weighted by Gasteiger charge is 2.16. The van der Waals surface area contributed by atoms with Gasteiger partial charge in [0.25, 0.3) is 0 Å². The molecule has 1 N–H and O–H groups in total. The van der Waals surface area contributed by atoms with Gasteiger partial charge in [-0.3, -0.25) is 4.98 Å². The van der Waals surface area contributed by atoms with Gasteiger partial charge >= 0.3 is 0 Å². The molecule has 1 aromatic carbocycles. The molecule has 0 radical (unpaired) electrons. The van der Waals surface area contributed by atoms with E-state index < -0.39 is 0 Å². The highest BCUT2D eigenvalue weighted by atomic mass is 16.6. The maximum Gasteiger partial charge on any atom is 0.161 e. The van der Waals surface area contributed by atoms with Crippen LogP contribution in [0.2, 0.25) is 0 Å². The van der Waals surface area contributed by atoms with E-state index in [1.54, 1.807) is 0 Å². The van der Waals surface area contributed by atoms with Crippen LogP contribution in [-0.4, -0.2) is 24.7 Å². The second-order valence-electron chi connectivity index (χ2n) is 5.07. The predicted molar refractivity (Wildman–Crippen MR) is 81.8 cm³/mol. The van der Waals surface area contributed by atoms with Gasteiger partial charge in [0.1, 0.15) is 13.2 Å². The molecule has 0 bridgehead atoms. The molecule has 3 rings (SSSR count). The summed E-state index contributed by atoms with van der Waals surface area (Å²) < 4.78 is 11.3. The lowest BCUT2D eigenvalue weighted by atomic mass is 9.99. The first-order valence-electron chi connectivity index (χ1n) is 7.38. The summed E-state index contributed by atoms with van der Waals surface area (Å²) in [4.78, 5) is 4.07. The summed E-state index contributed by atoms with van der Waals surface area (Å²) in [6.07, 6.45) is 4.60. The van der Waals surface area contributed by atoms with Crippen molar-refractivity contribution in [2.45, 2.75) is 19.4 Å². The smallest absolute Gasteiger partial charge is 0.161 e. The molecule has 0 saturated carbocycles. The lowest BCUT2D eigenvalue weighted by molar-refractivity contribution is 0.171. The Bertz CT molecular complexity index is 587. The number of fused-ring (bicyclic) bond motifs is 1. The Morgan fingerprint density at radius 1 is 1.10 bits per heavy atom. The zero-order chi connectivity index (χ0) is 14.5. The van der Waals surface area contributed by atoms with E-state index in [1.165, 1.54) is 11.1 Å². The minimum absolute atomic E-state index is 0.258. The van der Waals surface area contributed by atoms with Gasteiger partial charge in [0.2, 0.25) is 0 Å². The van der Waals surface area contributed by atoms with Gasteiger partial charge in [0.15, 0.2) is 11.5 Å². The zero-order valence-corrected chi connectivity index (χ0v) is 12.2. The van der Waals surface area contributed by atoms with E-state index in [0.29, 0.717) is 13.2 Å². The molecule has 1 aromatic heterocycles. The Labute approximate surface area is 125 Å². The fourth-order valence-electron chi connectivity index (χ4n) is 2.59. The summed E-state index contributed by atoms with van der Waals surface area (Å²) in [5.74, 6) is 1.68. The van der Waals surface area contributed by atoms with Crippen molar-refractivity contribution in [2.75, 3.05) is 19.8 Å². The van der Waals surface area contributed by atoms with Crippen LogP contribution in [0.25, 0.3) is 0 Å². The average molecular weight is 284 g/mol. The van der Waals surface area contributed by atoms with Gasteiger partial charge in [-0.25, -0.2) is 0 Å². The average Bonchev–Trinajstić information content (AvgIpc) is 2.55. The second-order valence-corrected chi connectivity index (χ2v) is 5.07. The number of benzene rings is 1. The van der Waals surface area contributed by atoms with Crippen molar-refractivity contribution in [3.8, 4) is 11.5 Å². The number of nitrogens with zero attached hydrogens (tertiary/aromatic N) is 1. The van der Waals surface area contributed by atoms with E-state index in [-0.39, 0.29) is 6.04 Å². The molecule has 4 nitrogen and oxygen atoms in total. The Kier molecular flexibility index (Phi) is 4.36. The van der Waals surface area contributed by atoms with Crippen LogP contribution in [0.4, 0.5) is 0 Å². The number of nitrogens with one attached hydrogen (secondary N) is 1. The monoisotopic (exact) mass is 284 g/mol. The Morgan fingerprint density at radius 3 is 2.62 bits per heavy atom. The van der Waals surface area contributed by atoms with Crippen LogP contribution in [0.1, 0.15) is 24.1 Å². The quantitative estimate of drug-likeness (QED) is 0.917.